The van der Waals surface area contributed by atoms with Crippen molar-refractivity contribution in [3.05, 3.63) is 59.7 Å². The molecule has 0 unspecified atom stereocenters. The molecule has 0 aromatic heterocycles. The molecular formula is C17H18N2O4S. The Morgan fingerprint density at radius 1 is 1.17 bits per heavy atom. The molecule has 0 bridgehead atoms. The molecule has 0 saturated carbocycles. The van der Waals surface area contributed by atoms with Crippen LogP contribution in [0.5, 0.6) is 5.75 Å². The van der Waals surface area contributed by atoms with Crippen LogP contribution in [0.2, 0.25) is 0 Å². The zero-order valence-corrected chi connectivity index (χ0v) is 13.8. The van der Waals surface area contributed by atoms with Gasteiger partial charge in [0.05, 0.1) is 4.90 Å². The van der Waals surface area contributed by atoms with Gasteiger partial charge in [-0.3, -0.25) is 4.79 Å². The van der Waals surface area contributed by atoms with Crippen molar-refractivity contribution >= 4 is 15.9 Å². The molecule has 1 aliphatic rings. The van der Waals surface area contributed by atoms with Crippen LogP contribution in [-0.4, -0.2) is 27.0 Å². The Kier molecular flexibility index (Phi) is 4.55. The van der Waals surface area contributed by atoms with Gasteiger partial charge in [0.15, 0.2) is 6.10 Å². The summed E-state index contributed by atoms with van der Waals surface area (Å²) in [5, 5.41) is 7.90. The molecule has 1 amide bonds. The average molecular weight is 346 g/mol. The van der Waals surface area contributed by atoms with Crippen LogP contribution in [0.1, 0.15) is 11.1 Å². The van der Waals surface area contributed by atoms with E-state index in [1.165, 1.54) is 12.1 Å². The summed E-state index contributed by atoms with van der Waals surface area (Å²) in [5.41, 5.74) is 1.95. The molecule has 1 heterocycles. The smallest absolute Gasteiger partial charge is 0.261 e. The molecule has 0 aliphatic carbocycles. The fourth-order valence-corrected chi connectivity index (χ4v) is 3.13. The second kappa shape index (κ2) is 6.62. The first-order valence-electron chi connectivity index (χ1n) is 7.57. The molecule has 7 heteroatoms. The second-order valence-corrected chi connectivity index (χ2v) is 7.21. The number of hydrogen-bond acceptors (Lipinski definition) is 4. The van der Waals surface area contributed by atoms with Crippen LogP contribution in [0.15, 0.2) is 53.4 Å². The Bertz CT molecular complexity index is 822. The molecule has 3 rings (SSSR count). The number of nitrogens with two attached hydrogens (primary N) is 1. The molecule has 24 heavy (non-hydrogen) atoms. The van der Waals surface area contributed by atoms with E-state index in [1.54, 1.807) is 12.1 Å². The van der Waals surface area contributed by atoms with Gasteiger partial charge in [-0.1, -0.05) is 30.3 Å². The highest BCUT2D eigenvalue weighted by molar-refractivity contribution is 7.89. The number of carbonyl (C=O) groups excluding carboxylic acids is 1. The predicted molar refractivity (Wildman–Crippen MR) is 89.1 cm³/mol. The number of primary sulfonamides is 1. The molecule has 0 spiro atoms. The van der Waals surface area contributed by atoms with Crippen LogP contribution < -0.4 is 15.2 Å². The SMILES string of the molecule is NS(=O)(=O)c1ccc(CCNC(=O)[C@H]2Cc3ccccc3O2)cc1. The fourth-order valence-electron chi connectivity index (χ4n) is 2.62. The minimum Gasteiger partial charge on any atom is -0.480 e. The number of ether oxygens (including phenoxy) is 1. The van der Waals surface area contributed by atoms with Crippen molar-refractivity contribution in [3.8, 4) is 5.75 Å². The van der Waals surface area contributed by atoms with E-state index in [-0.39, 0.29) is 10.8 Å². The maximum absolute atomic E-state index is 12.2. The molecular weight excluding hydrogens is 328 g/mol. The normalized spacial score (nSPS) is 16.3. The molecule has 1 atom stereocenters. The molecule has 3 N–H and O–H groups in total. The van der Waals surface area contributed by atoms with Crippen molar-refractivity contribution < 1.29 is 17.9 Å². The Balaban J connectivity index is 1.49. The number of amides is 1. The van der Waals surface area contributed by atoms with Crippen LogP contribution in [0.25, 0.3) is 0 Å². The summed E-state index contributed by atoms with van der Waals surface area (Å²) in [7, 11) is -3.68. The molecule has 2 aromatic rings. The summed E-state index contributed by atoms with van der Waals surface area (Å²) in [5.74, 6) is 0.614. The van der Waals surface area contributed by atoms with E-state index in [0.717, 1.165) is 16.9 Å². The third-order valence-electron chi connectivity index (χ3n) is 3.90. The summed E-state index contributed by atoms with van der Waals surface area (Å²) in [6.45, 7) is 0.448. The summed E-state index contributed by atoms with van der Waals surface area (Å²) in [6, 6.07) is 13.9. The molecule has 6 nitrogen and oxygen atoms in total. The van der Waals surface area contributed by atoms with Crippen molar-refractivity contribution in [2.75, 3.05) is 6.54 Å². The van der Waals surface area contributed by atoms with Crippen molar-refractivity contribution in [1.82, 2.24) is 5.32 Å². The lowest BCUT2D eigenvalue weighted by molar-refractivity contribution is -0.127. The van der Waals surface area contributed by atoms with Gasteiger partial charge in [0.1, 0.15) is 5.75 Å². The van der Waals surface area contributed by atoms with Gasteiger partial charge >= 0.3 is 0 Å². The topological polar surface area (TPSA) is 98.5 Å². The lowest BCUT2D eigenvalue weighted by Gasteiger charge is -2.11. The van der Waals surface area contributed by atoms with Crippen molar-refractivity contribution in [1.29, 1.82) is 0 Å². The summed E-state index contributed by atoms with van der Waals surface area (Å²) in [6.07, 6.45) is 0.675. The first-order chi connectivity index (χ1) is 11.4. The summed E-state index contributed by atoms with van der Waals surface area (Å²) >= 11 is 0. The second-order valence-electron chi connectivity index (χ2n) is 5.65. The Morgan fingerprint density at radius 3 is 2.54 bits per heavy atom. The minimum atomic E-state index is -3.68. The first kappa shape index (κ1) is 16.5. The maximum Gasteiger partial charge on any atom is 0.261 e. The summed E-state index contributed by atoms with van der Waals surface area (Å²) in [4.78, 5) is 12.2. The van der Waals surface area contributed by atoms with Gasteiger partial charge in [0.2, 0.25) is 10.0 Å². The van der Waals surface area contributed by atoms with E-state index in [9.17, 15) is 13.2 Å². The molecule has 0 saturated heterocycles. The van der Waals surface area contributed by atoms with Gasteiger partial charge in [0, 0.05) is 13.0 Å². The molecule has 126 valence electrons. The lowest BCUT2D eigenvalue weighted by Crippen LogP contribution is -2.38. The van der Waals surface area contributed by atoms with Crippen LogP contribution >= 0.6 is 0 Å². The number of carbonyl (C=O) groups is 1. The van der Waals surface area contributed by atoms with Crippen LogP contribution in [0, 0.1) is 0 Å². The Hall–Kier alpha value is -2.38. The lowest BCUT2D eigenvalue weighted by atomic mass is 10.1. The highest BCUT2D eigenvalue weighted by Gasteiger charge is 2.28. The highest BCUT2D eigenvalue weighted by atomic mass is 32.2. The predicted octanol–water partition coefficient (Wildman–Crippen LogP) is 0.996. The van der Waals surface area contributed by atoms with E-state index in [0.29, 0.717) is 19.4 Å². The monoisotopic (exact) mass is 346 g/mol. The third kappa shape index (κ3) is 3.74. The molecule has 2 aromatic carbocycles. The zero-order valence-electron chi connectivity index (χ0n) is 12.9. The standard InChI is InChI=1S/C17H18N2O4S/c18-24(21,22)14-7-5-12(6-8-14)9-10-19-17(20)16-11-13-3-1-2-4-15(13)23-16/h1-8,16H,9-11H2,(H,19,20)(H2,18,21,22)/t16-/m1/s1. The highest BCUT2D eigenvalue weighted by Crippen LogP contribution is 2.28. The zero-order chi connectivity index (χ0) is 17.2. The van der Waals surface area contributed by atoms with E-state index >= 15 is 0 Å². The van der Waals surface area contributed by atoms with Gasteiger partial charge < -0.3 is 10.1 Å². The van der Waals surface area contributed by atoms with Gasteiger partial charge in [-0.2, -0.15) is 0 Å². The van der Waals surface area contributed by atoms with Crippen molar-refractivity contribution in [2.24, 2.45) is 5.14 Å². The van der Waals surface area contributed by atoms with E-state index < -0.39 is 16.1 Å². The number of nitrogens with one attached hydrogen (secondary N) is 1. The van der Waals surface area contributed by atoms with Gasteiger partial charge in [0.25, 0.3) is 5.91 Å². The van der Waals surface area contributed by atoms with E-state index in [2.05, 4.69) is 5.32 Å². The number of para-hydroxylation sites is 1. The van der Waals surface area contributed by atoms with E-state index in [4.69, 9.17) is 9.88 Å². The van der Waals surface area contributed by atoms with Gasteiger partial charge in [-0.15, -0.1) is 0 Å². The number of benzene rings is 2. The third-order valence-corrected chi connectivity index (χ3v) is 4.83. The number of sulfonamides is 1. The maximum atomic E-state index is 12.2. The van der Waals surface area contributed by atoms with E-state index in [1.807, 2.05) is 24.3 Å². The fraction of sp³-hybridized carbons (Fsp3) is 0.235. The van der Waals surface area contributed by atoms with Crippen LogP contribution in [0.3, 0.4) is 0 Å². The Labute approximate surface area is 140 Å². The number of fused-ring (bicyclic) bond motifs is 1. The molecule has 0 fully saturated rings. The molecule has 0 radical (unpaired) electrons. The average Bonchev–Trinajstić information content (AvgIpc) is 2.98. The van der Waals surface area contributed by atoms with Crippen molar-refractivity contribution in [3.63, 3.8) is 0 Å². The summed E-state index contributed by atoms with van der Waals surface area (Å²) < 4.78 is 28.0. The van der Waals surface area contributed by atoms with Crippen LogP contribution in [0.4, 0.5) is 0 Å². The van der Waals surface area contributed by atoms with Crippen molar-refractivity contribution in [2.45, 2.75) is 23.8 Å². The quantitative estimate of drug-likeness (QED) is 0.844. The largest absolute Gasteiger partial charge is 0.480 e. The van der Waals surface area contributed by atoms with Crippen LogP contribution in [-0.2, 0) is 27.7 Å². The van der Waals surface area contributed by atoms with Gasteiger partial charge in [-0.05, 0) is 35.7 Å². The minimum absolute atomic E-state index is 0.0763. The van der Waals surface area contributed by atoms with Gasteiger partial charge in [-0.25, -0.2) is 13.6 Å². The number of hydrogen-bond donors (Lipinski definition) is 2. The molecule has 1 aliphatic heterocycles. The Morgan fingerprint density at radius 2 is 1.88 bits per heavy atom. The first-order valence-corrected chi connectivity index (χ1v) is 9.12. The number of rotatable bonds is 5.